The molecule has 7 heteroatoms. The van der Waals surface area contributed by atoms with E-state index in [0.717, 1.165) is 0 Å². The van der Waals surface area contributed by atoms with Gasteiger partial charge in [-0.15, -0.1) is 0 Å². The Morgan fingerprint density at radius 3 is 2.60 bits per heavy atom. The van der Waals surface area contributed by atoms with Crippen molar-refractivity contribution < 1.29 is 19.6 Å². The third-order valence-electron chi connectivity index (χ3n) is 2.57. The molecule has 0 saturated heterocycles. The molecule has 0 aromatic heterocycles. The first-order chi connectivity index (χ1) is 9.35. The second-order valence-corrected chi connectivity index (χ2v) is 4.55. The molecule has 1 aromatic carbocycles. The standard InChI is InChI=1S/C13H18N2O5/c1-4-10(13(16)17)14-9-5-6-11(15(18)19)12(7-9)20-8(2)3/h5-8,10,14H,4H2,1-3H3,(H,16,17). The summed E-state index contributed by atoms with van der Waals surface area (Å²) in [6, 6.07) is 3.47. The van der Waals surface area contributed by atoms with Crippen molar-refractivity contribution in [3.05, 3.63) is 28.3 Å². The quantitative estimate of drug-likeness (QED) is 0.589. The molecule has 0 heterocycles. The molecule has 1 rings (SSSR count). The average Bonchev–Trinajstić information content (AvgIpc) is 2.34. The zero-order valence-electron chi connectivity index (χ0n) is 11.6. The van der Waals surface area contributed by atoms with E-state index in [1.807, 2.05) is 0 Å². The predicted molar refractivity (Wildman–Crippen MR) is 74.2 cm³/mol. The predicted octanol–water partition coefficient (Wildman–Crippen LogP) is 2.66. The number of hydrogen-bond acceptors (Lipinski definition) is 5. The largest absolute Gasteiger partial charge is 0.484 e. The number of anilines is 1. The molecule has 1 unspecified atom stereocenters. The number of nitro groups is 1. The molecule has 0 aliphatic rings. The Morgan fingerprint density at radius 2 is 2.15 bits per heavy atom. The Bertz CT molecular complexity index is 502. The Hall–Kier alpha value is -2.31. The summed E-state index contributed by atoms with van der Waals surface area (Å²) in [6.45, 7) is 5.26. The molecule has 0 spiro atoms. The lowest BCUT2D eigenvalue weighted by Crippen LogP contribution is -2.28. The van der Waals surface area contributed by atoms with Gasteiger partial charge in [0.15, 0.2) is 5.75 Å². The summed E-state index contributed by atoms with van der Waals surface area (Å²) in [5, 5.41) is 22.7. The molecular weight excluding hydrogens is 264 g/mol. The van der Waals surface area contributed by atoms with Crippen LogP contribution in [0, 0.1) is 10.1 Å². The van der Waals surface area contributed by atoms with Crippen LogP contribution in [-0.2, 0) is 4.79 Å². The summed E-state index contributed by atoms with van der Waals surface area (Å²) >= 11 is 0. The molecule has 20 heavy (non-hydrogen) atoms. The van der Waals surface area contributed by atoms with E-state index < -0.39 is 16.9 Å². The van der Waals surface area contributed by atoms with Gasteiger partial charge in [-0.25, -0.2) is 4.79 Å². The van der Waals surface area contributed by atoms with Crippen LogP contribution in [0.3, 0.4) is 0 Å². The highest BCUT2D eigenvalue weighted by Crippen LogP contribution is 2.31. The number of nitrogens with zero attached hydrogens (tertiary/aromatic N) is 1. The fourth-order valence-corrected chi connectivity index (χ4v) is 1.64. The molecule has 1 atom stereocenters. The first kappa shape index (κ1) is 15.7. The van der Waals surface area contributed by atoms with Crippen LogP contribution in [0.4, 0.5) is 11.4 Å². The molecule has 0 radical (unpaired) electrons. The number of rotatable bonds is 7. The van der Waals surface area contributed by atoms with Crippen molar-refractivity contribution in [1.82, 2.24) is 0 Å². The van der Waals surface area contributed by atoms with E-state index in [4.69, 9.17) is 9.84 Å². The monoisotopic (exact) mass is 282 g/mol. The number of carboxylic acids is 1. The number of nitrogens with one attached hydrogen (secondary N) is 1. The van der Waals surface area contributed by atoms with Crippen molar-refractivity contribution >= 4 is 17.3 Å². The van der Waals surface area contributed by atoms with Crippen LogP contribution < -0.4 is 10.1 Å². The van der Waals surface area contributed by atoms with Crippen molar-refractivity contribution in [2.75, 3.05) is 5.32 Å². The highest BCUT2D eigenvalue weighted by atomic mass is 16.6. The zero-order valence-corrected chi connectivity index (χ0v) is 11.6. The minimum atomic E-state index is -0.975. The fraction of sp³-hybridized carbons (Fsp3) is 0.462. The Morgan fingerprint density at radius 1 is 1.50 bits per heavy atom. The molecule has 0 aliphatic heterocycles. The first-order valence-corrected chi connectivity index (χ1v) is 6.29. The molecular formula is C13H18N2O5. The van der Waals surface area contributed by atoms with Gasteiger partial charge >= 0.3 is 11.7 Å². The smallest absolute Gasteiger partial charge is 0.326 e. The van der Waals surface area contributed by atoms with E-state index in [9.17, 15) is 14.9 Å². The maximum atomic E-state index is 11.0. The van der Waals surface area contributed by atoms with Crippen LogP contribution >= 0.6 is 0 Å². The first-order valence-electron chi connectivity index (χ1n) is 6.29. The number of benzene rings is 1. The normalized spacial score (nSPS) is 12.0. The van der Waals surface area contributed by atoms with Crippen LogP contribution in [0.25, 0.3) is 0 Å². The van der Waals surface area contributed by atoms with E-state index in [1.165, 1.54) is 18.2 Å². The van der Waals surface area contributed by atoms with Gasteiger partial charge in [-0.1, -0.05) is 6.92 Å². The van der Waals surface area contributed by atoms with Gasteiger partial charge in [-0.2, -0.15) is 0 Å². The second kappa shape index (κ2) is 6.74. The number of carbonyl (C=O) groups is 1. The van der Waals surface area contributed by atoms with Gasteiger partial charge < -0.3 is 15.2 Å². The molecule has 2 N–H and O–H groups in total. The lowest BCUT2D eigenvalue weighted by atomic mass is 10.2. The summed E-state index contributed by atoms with van der Waals surface area (Å²) < 4.78 is 5.39. The van der Waals surface area contributed by atoms with Gasteiger partial charge in [-0.05, 0) is 26.3 Å². The molecule has 7 nitrogen and oxygen atoms in total. The minimum absolute atomic E-state index is 0.121. The third kappa shape index (κ3) is 4.11. The van der Waals surface area contributed by atoms with Gasteiger partial charge in [0.25, 0.3) is 0 Å². The van der Waals surface area contributed by atoms with E-state index in [2.05, 4.69) is 5.32 Å². The zero-order chi connectivity index (χ0) is 15.3. The van der Waals surface area contributed by atoms with Crippen LogP contribution in [-0.4, -0.2) is 28.1 Å². The maximum Gasteiger partial charge on any atom is 0.326 e. The highest BCUT2D eigenvalue weighted by molar-refractivity contribution is 5.77. The lowest BCUT2D eigenvalue weighted by Gasteiger charge is -2.15. The fourth-order valence-electron chi connectivity index (χ4n) is 1.64. The van der Waals surface area contributed by atoms with Gasteiger partial charge in [0, 0.05) is 17.8 Å². The number of nitro benzene ring substituents is 1. The summed E-state index contributed by atoms with van der Waals surface area (Å²) in [7, 11) is 0. The Labute approximate surface area is 116 Å². The average molecular weight is 282 g/mol. The summed E-state index contributed by atoms with van der Waals surface area (Å²) in [4.78, 5) is 21.4. The van der Waals surface area contributed by atoms with Gasteiger partial charge in [0.05, 0.1) is 11.0 Å². The Balaban J connectivity index is 3.05. The van der Waals surface area contributed by atoms with Crippen molar-refractivity contribution in [3.63, 3.8) is 0 Å². The van der Waals surface area contributed by atoms with Gasteiger partial charge in [-0.3, -0.25) is 10.1 Å². The third-order valence-corrected chi connectivity index (χ3v) is 2.57. The maximum absolute atomic E-state index is 11.0. The Kier molecular flexibility index (Phi) is 5.31. The number of aliphatic carboxylic acids is 1. The lowest BCUT2D eigenvalue weighted by molar-refractivity contribution is -0.386. The number of ether oxygens (including phenoxy) is 1. The van der Waals surface area contributed by atoms with Crippen LogP contribution in [0.15, 0.2) is 18.2 Å². The van der Waals surface area contributed by atoms with Crippen LogP contribution in [0.5, 0.6) is 5.75 Å². The molecule has 1 aromatic rings. The highest BCUT2D eigenvalue weighted by Gasteiger charge is 2.19. The van der Waals surface area contributed by atoms with Crippen molar-refractivity contribution in [2.24, 2.45) is 0 Å². The van der Waals surface area contributed by atoms with E-state index >= 15 is 0 Å². The SMILES string of the molecule is CCC(Nc1ccc([N+](=O)[O-])c(OC(C)C)c1)C(=O)O. The molecule has 0 saturated carbocycles. The molecule has 0 amide bonds. The van der Waals surface area contributed by atoms with E-state index in [-0.39, 0.29) is 17.5 Å². The number of carboxylic acid groups (broad SMARTS) is 1. The van der Waals surface area contributed by atoms with Crippen LogP contribution in [0.1, 0.15) is 27.2 Å². The minimum Gasteiger partial charge on any atom is -0.484 e. The second-order valence-electron chi connectivity index (χ2n) is 4.55. The summed E-state index contributed by atoms with van der Waals surface area (Å²) in [5.74, 6) is -0.854. The summed E-state index contributed by atoms with van der Waals surface area (Å²) in [6.07, 6.45) is 0.178. The van der Waals surface area contributed by atoms with Crippen molar-refractivity contribution in [2.45, 2.75) is 39.3 Å². The van der Waals surface area contributed by atoms with E-state index in [0.29, 0.717) is 12.1 Å². The topological polar surface area (TPSA) is 102 Å². The molecule has 0 aliphatic carbocycles. The van der Waals surface area contributed by atoms with Crippen molar-refractivity contribution in [1.29, 1.82) is 0 Å². The van der Waals surface area contributed by atoms with E-state index in [1.54, 1.807) is 20.8 Å². The molecule has 110 valence electrons. The summed E-state index contributed by atoms with van der Waals surface area (Å²) in [5.41, 5.74) is 0.327. The molecule has 0 bridgehead atoms. The van der Waals surface area contributed by atoms with Crippen molar-refractivity contribution in [3.8, 4) is 5.75 Å². The molecule has 0 fully saturated rings. The van der Waals surface area contributed by atoms with Gasteiger partial charge in [0.1, 0.15) is 6.04 Å². The van der Waals surface area contributed by atoms with Gasteiger partial charge in [0.2, 0.25) is 0 Å². The number of hydrogen-bond donors (Lipinski definition) is 2. The van der Waals surface area contributed by atoms with Crippen LogP contribution in [0.2, 0.25) is 0 Å².